The number of nitrogens with two attached hydrogens (primary N) is 1. The van der Waals surface area contributed by atoms with Crippen LogP contribution in [0.4, 0.5) is 13.2 Å². The second-order valence-electron chi connectivity index (χ2n) is 8.17. The predicted octanol–water partition coefficient (Wildman–Crippen LogP) is 4.84. The number of halogens is 3. The van der Waals surface area contributed by atoms with Crippen LogP contribution in [-0.2, 0) is 14.8 Å². The molecule has 2 atom stereocenters. The monoisotopic (exact) mass is 562 g/mol. The minimum Gasteiger partial charge on any atom is -0.407 e. The largest absolute Gasteiger partial charge is 0.573 e. The van der Waals surface area contributed by atoms with Crippen LogP contribution in [0, 0.1) is 17.2 Å². The Kier molecular flexibility index (Phi) is 10.2. The van der Waals surface area contributed by atoms with Gasteiger partial charge in [0.05, 0.1) is 9.77 Å². The second kappa shape index (κ2) is 12.5. The number of carbonyl (C=O) groups is 1. The first kappa shape index (κ1) is 30.3. The average Bonchev–Trinajstić information content (AvgIpc) is 3.30. The number of hydrogen-bond donors (Lipinski definition) is 2. The Morgan fingerprint density at radius 3 is 2.27 bits per heavy atom. The molecule has 1 aromatic carbocycles. The Morgan fingerprint density at radius 2 is 1.73 bits per heavy atom. The van der Waals surface area contributed by atoms with Gasteiger partial charge in [0, 0.05) is 24.0 Å². The highest BCUT2D eigenvalue weighted by molar-refractivity contribution is 7.89. The Bertz CT molecular complexity index is 1220. The van der Waals surface area contributed by atoms with Crippen molar-refractivity contribution in [3.8, 4) is 5.75 Å². The molecule has 2 heterocycles. The number of piperidine rings is 1. The summed E-state index contributed by atoms with van der Waals surface area (Å²) in [6.45, 7) is 8.77. The number of nitrogens with zero attached hydrogens (tertiary/aromatic N) is 2. The van der Waals surface area contributed by atoms with Crippen LogP contribution in [0.2, 0.25) is 0 Å². The van der Waals surface area contributed by atoms with Gasteiger partial charge in [0.15, 0.2) is 0 Å². The Balaban J connectivity index is 0.00000235. The molecule has 3 rings (SSSR count). The molecule has 1 aliphatic heterocycles. The van der Waals surface area contributed by atoms with Crippen molar-refractivity contribution in [3.05, 3.63) is 46.2 Å². The highest BCUT2D eigenvalue weighted by Crippen LogP contribution is 2.29. The van der Waals surface area contributed by atoms with Gasteiger partial charge in [0.1, 0.15) is 5.75 Å². The van der Waals surface area contributed by atoms with Crippen molar-refractivity contribution in [2.24, 2.45) is 22.6 Å². The van der Waals surface area contributed by atoms with E-state index in [0.29, 0.717) is 13.1 Å². The molecule has 1 aromatic heterocycles. The molecule has 3 N–H and O–H groups in total. The van der Waals surface area contributed by atoms with Gasteiger partial charge in [-0.25, -0.2) is 8.42 Å². The number of hydrogen-bond acceptors (Lipinski definition) is 7. The van der Waals surface area contributed by atoms with Crippen molar-refractivity contribution in [2.45, 2.75) is 45.4 Å². The van der Waals surface area contributed by atoms with Gasteiger partial charge in [-0.15, -0.1) is 24.5 Å². The first-order chi connectivity index (χ1) is 17.2. The number of ether oxygens (including phenoxy) is 2. The molecule has 0 saturated carbocycles. The molecule has 9 nitrogen and oxygen atoms in total. The van der Waals surface area contributed by atoms with Gasteiger partial charge in [-0.3, -0.25) is 10.2 Å². The van der Waals surface area contributed by atoms with Crippen molar-refractivity contribution in [1.82, 2.24) is 4.31 Å². The van der Waals surface area contributed by atoms with Gasteiger partial charge >= 0.3 is 6.36 Å². The summed E-state index contributed by atoms with van der Waals surface area (Å²) in [6, 6.07) is 4.77. The fraction of sp³-hybridized carbons (Fsp3) is 0.435. The summed E-state index contributed by atoms with van der Waals surface area (Å²) in [5.74, 6) is -1.48. The van der Waals surface area contributed by atoms with E-state index < -0.39 is 40.0 Å². The van der Waals surface area contributed by atoms with E-state index in [9.17, 15) is 26.4 Å². The number of aliphatic imine (C=N–C) groups is 1. The molecule has 204 valence electrons. The Hall–Kier alpha value is -2.97. The number of benzene rings is 1. The van der Waals surface area contributed by atoms with Gasteiger partial charge in [0.2, 0.25) is 15.9 Å². The van der Waals surface area contributed by atoms with E-state index in [1.807, 2.05) is 27.7 Å². The van der Waals surface area contributed by atoms with Crippen LogP contribution >= 0.6 is 11.3 Å². The van der Waals surface area contributed by atoms with Crippen LogP contribution in [0.3, 0.4) is 0 Å². The van der Waals surface area contributed by atoms with Crippen LogP contribution in [0.25, 0.3) is 0 Å². The highest BCUT2D eigenvalue weighted by atomic mass is 32.2. The molecule has 0 unspecified atom stereocenters. The topological polar surface area (TPSA) is 135 Å². The number of rotatable bonds is 5. The molecule has 37 heavy (non-hydrogen) atoms. The zero-order chi connectivity index (χ0) is 28.0. The molecule has 0 spiro atoms. The Labute approximate surface area is 217 Å². The summed E-state index contributed by atoms with van der Waals surface area (Å²) in [7, 11) is -3.77. The number of nitrogens with one attached hydrogen (secondary N) is 1. The lowest BCUT2D eigenvalue weighted by Crippen LogP contribution is -2.42. The molecule has 0 radical (unpaired) electrons. The number of carbonyl (C=O) groups excluding carboxylic acids is 1. The van der Waals surface area contributed by atoms with Gasteiger partial charge in [-0.2, -0.15) is 9.30 Å². The summed E-state index contributed by atoms with van der Waals surface area (Å²) in [4.78, 5) is 16.0. The smallest absolute Gasteiger partial charge is 0.407 e. The third-order valence-corrected chi connectivity index (χ3v) is 7.90. The minimum atomic E-state index is -4.85. The summed E-state index contributed by atoms with van der Waals surface area (Å²) in [5, 5.41) is 9.20. The molecular weight excluding hydrogens is 533 g/mol. The van der Waals surface area contributed by atoms with Crippen molar-refractivity contribution in [3.63, 3.8) is 0 Å². The summed E-state index contributed by atoms with van der Waals surface area (Å²) < 4.78 is 72.8. The van der Waals surface area contributed by atoms with Gasteiger partial charge < -0.3 is 15.2 Å². The standard InChI is InChI=1S/C21H23F3N4O5S2.C2H6/c1-12-7-13(2)10-28(9-12)35(30,31)16-8-17(34-11-16)19(29)27-20(26)32-18(25)14-3-5-15(6-4-14)33-21(22,23)24;1-2/h3-6,8,11-13,25H,7,9-10H2,1-2H3,(H2,26,27,29);1-2H3/t12-,13+;. The van der Waals surface area contributed by atoms with Crippen LogP contribution in [0.5, 0.6) is 5.75 Å². The van der Waals surface area contributed by atoms with Crippen LogP contribution in [0.15, 0.2) is 45.6 Å². The number of amidine groups is 1. The molecule has 1 fully saturated rings. The molecule has 0 bridgehead atoms. The van der Waals surface area contributed by atoms with E-state index in [1.54, 1.807) is 0 Å². The predicted molar refractivity (Wildman–Crippen MR) is 134 cm³/mol. The fourth-order valence-corrected chi connectivity index (χ4v) is 6.49. The average molecular weight is 563 g/mol. The van der Waals surface area contributed by atoms with E-state index in [1.165, 1.54) is 15.8 Å². The third kappa shape index (κ3) is 8.54. The Morgan fingerprint density at radius 1 is 1.16 bits per heavy atom. The maximum absolute atomic E-state index is 13.0. The van der Waals surface area contributed by atoms with Crippen LogP contribution in [-0.4, -0.2) is 50.0 Å². The lowest BCUT2D eigenvalue weighted by Gasteiger charge is -2.33. The molecule has 2 aromatic rings. The SMILES string of the molecule is CC.C[C@@H]1C[C@H](C)CN(S(=O)(=O)c2csc(C(=O)N=C(N)OC(=N)c3ccc(OC(F)(F)F)cc3)c2)C1. The first-order valence-corrected chi connectivity index (χ1v) is 13.7. The molecule has 14 heteroatoms. The summed E-state index contributed by atoms with van der Waals surface area (Å²) in [5.41, 5.74) is 5.63. The number of amides is 1. The van der Waals surface area contributed by atoms with E-state index >= 15 is 0 Å². The van der Waals surface area contributed by atoms with Crippen molar-refractivity contribution in [2.75, 3.05) is 13.1 Å². The molecule has 0 aliphatic carbocycles. The van der Waals surface area contributed by atoms with Gasteiger partial charge in [0.25, 0.3) is 11.9 Å². The van der Waals surface area contributed by atoms with Crippen molar-refractivity contribution < 1.29 is 35.9 Å². The molecular formula is C23H29F3N4O5S2. The van der Waals surface area contributed by atoms with E-state index in [-0.39, 0.29) is 27.2 Å². The number of thiophene rings is 1. The van der Waals surface area contributed by atoms with Crippen LogP contribution in [0.1, 0.15) is 49.4 Å². The van der Waals surface area contributed by atoms with Gasteiger partial charge in [-0.1, -0.05) is 27.7 Å². The van der Waals surface area contributed by atoms with Crippen molar-refractivity contribution >= 4 is 39.2 Å². The van der Waals surface area contributed by atoms with Gasteiger partial charge in [-0.05, 0) is 48.6 Å². The lowest BCUT2D eigenvalue weighted by molar-refractivity contribution is -0.274. The highest BCUT2D eigenvalue weighted by Gasteiger charge is 2.33. The maximum atomic E-state index is 13.0. The van der Waals surface area contributed by atoms with Crippen molar-refractivity contribution in [1.29, 1.82) is 5.41 Å². The summed E-state index contributed by atoms with van der Waals surface area (Å²) in [6.07, 6.45) is -3.91. The third-order valence-electron chi connectivity index (χ3n) is 5.03. The van der Waals surface area contributed by atoms with Crippen LogP contribution < -0.4 is 10.5 Å². The zero-order valence-corrected chi connectivity index (χ0v) is 22.3. The van der Waals surface area contributed by atoms with E-state index in [0.717, 1.165) is 42.0 Å². The van der Waals surface area contributed by atoms with E-state index in [2.05, 4.69) is 9.73 Å². The quantitative estimate of drug-likeness (QED) is 0.396. The normalized spacial score (nSPS) is 18.9. The second-order valence-corrected chi connectivity index (χ2v) is 11.0. The minimum absolute atomic E-state index is 0.00779. The molecule has 1 amide bonds. The zero-order valence-electron chi connectivity index (χ0n) is 20.7. The van der Waals surface area contributed by atoms with E-state index in [4.69, 9.17) is 15.9 Å². The first-order valence-electron chi connectivity index (χ1n) is 11.3. The molecule has 1 saturated heterocycles. The summed E-state index contributed by atoms with van der Waals surface area (Å²) >= 11 is 0.880. The fourth-order valence-electron chi connectivity index (χ4n) is 3.67. The number of alkyl halides is 3. The lowest BCUT2D eigenvalue weighted by atomic mass is 9.94. The number of sulfonamides is 1. The maximum Gasteiger partial charge on any atom is 0.573 e. The molecule has 1 aliphatic rings.